The Labute approximate surface area is 139 Å². The molecule has 7 heteroatoms. The summed E-state index contributed by atoms with van der Waals surface area (Å²) in [5.41, 5.74) is 0.748. The lowest BCUT2D eigenvalue weighted by molar-refractivity contribution is -0.131. The standard InChI is InChI=1S/C15H19Cl2N3O2/c1-10(21)19-12-3-2-6-20(9-12)15(22)8-18-11-4-5-13(16)14(17)7-11/h4-5,7,12,18H,2-3,6,8-9H2,1H3,(H,19,21)/t12-/m0/s1. The van der Waals surface area contributed by atoms with Gasteiger partial charge in [-0.15, -0.1) is 0 Å². The van der Waals surface area contributed by atoms with Crippen molar-refractivity contribution in [2.75, 3.05) is 25.0 Å². The van der Waals surface area contributed by atoms with Crippen LogP contribution in [0.2, 0.25) is 10.0 Å². The Hall–Kier alpha value is -1.46. The normalized spacial score (nSPS) is 18.0. The molecule has 0 saturated carbocycles. The molecule has 1 atom stereocenters. The second kappa shape index (κ2) is 7.70. The van der Waals surface area contributed by atoms with E-state index in [9.17, 15) is 9.59 Å². The van der Waals surface area contributed by atoms with E-state index >= 15 is 0 Å². The monoisotopic (exact) mass is 343 g/mol. The van der Waals surface area contributed by atoms with E-state index in [1.165, 1.54) is 6.92 Å². The minimum absolute atomic E-state index is 0.00104. The van der Waals surface area contributed by atoms with E-state index in [2.05, 4.69) is 10.6 Å². The van der Waals surface area contributed by atoms with Gasteiger partial charge in [-0.05, 0) is 31.0 Å². The smallest absolute Gasteiger partial charge is 0.241 e. The summed E-state index contributed by atoms with van der Waals surface area (Å²) in [5.74, 6) is -0.0608. The van der Waals surface area contributed by atoms with Gasteiger partial charge in [-0.1, -0.05) is 23.2 Å². The summed E-state index contributed by atoms with van der Waals surface area (Å²) in [7, 11) is 0. The van der Waals surface area contributed by atoms with Crippen LogP contribution in [0.5, 0.6) is 0 Å². The van der Waals surface area contributed by atoms with Crippen molar-refractivity contribution in [3.05, 3.63) is 28.2 Å². The van der Waals surface area contributed by atoms with Crippen molar-refractivity contribution in [1.82, 2.24) is 10.2 Å². The van der Waals surface area contributed by atoms with Crippen LogP contribution in [0.4, 0.5) is 5.69 Å². The summed E-state index contributed by atoms with van der Waals surface area (Å²) >= 11 is 11.8. The van der Waals surface area contributed by atoms with Gasteiger partial charge in [0.15, 0.2) is 0 Å². The van der Waals surface area contributed by atoms with Crippen LogP contribution in [0.1, 0.15) is 19.8 Å². The first-order valence-corrected chi connectivity index (χ1v) is 7.95. The molecule has 1 aliphatic rings. The molecule has 1 fully saturated rings. The predicted octanol–water partition coefficient (Wildman–Crippen LogP) is 2.53. The molecule has 1 aromatic carbocycles. The molecule has 1 saturated heterocycles. The topological polar surface area (TPSA) is 61.4 Å². The number of nitrogens with one attached hydrogen (secondary N) is 2. The van der Waals surface area contributed by atoms with E-state index in [1.807, 2.05) is 0 Å². The number of benzene rings is 1. The Morgan fingerprint density at radius 1 is 1.32 bits per heavy atom. The van der Waals surface area contributed by atoms with Crippen LogP contribution in [0.15, 0.2) is 18.2 Å². The lowest BCUT2D eigenvalue weighted by Crippen LogP contribution is -2.50. The lowest BCUT2D eigenvalue weighted by atomic mass is 10.1. The van der Waals surface area contributed by atoms with Crippen LogP contribution in [0.25, 0.3) is 0 Å². The molecule has 0 aromatic heterocycles. The summed E-state index contributed by atoms with van der Waals surface area (Å²) in [6.07, 6.45) is 1.80. The van der Waals surface area contributed by atoms with Crippen molar-refractivity contribution in [2.24, 2.45) is 0 Å². The second-order valence-corrected chi connectivity index (χ2v) is 6.18. The van der Waals surface area contributed by atoms with E-state index in [-0.39, 0.29) is 24.4 Å². The van der Waals surface area contributed by atoms with E-state index in [0.717, 1.165) is 25.1 Å². The maximum absolute atomic E-state index is 12.2. The van der Waals surface area contributed by atoms with Crippen LogP contribution in [0.3, 0.4) is 0 Å². The highest BCUT2D eigenvalue weighted by molar-refractivity contribution is 6.42. The number of likely N-dealkylation sites (tertiary alicyclic amines) is 1. The van der Waals surface area contributed by atoms with E-state index in [0.29, 0.717) is 16.6 Å². The van der Waals surface area contributed by atoms with Crippen LogP contribution in [-0.4, -0.2) is 42.4 Å². The minimum atomic E-state index is -0.0618. The zero-order valence-corrected chi connectivity index (χ0v) is 13.9. The fourth-order valence-electron chi connectivity index (χ4n) is 2.50. The molecule has 0 spiro atoms. The maximum atomic E-state index is 12.2. The van der Waals surface area contributed by atoms with Crippen LogP contribution in [-0.2, 0) is 9.59 Å². The molecule has 1 heterocycles. The first kappa shape index (κ1) is 16.9. The molecule has 2 N–H and O–H groups in total. The molecule has 2 amide bonds. The van der Waals surface area contributed by atoms with Gasteiger partial charge in [0.05, 0.1) is 16.6 Å². The zero-order chi connectivity index (χ0) is 16.1. The van der Waals surface area contributed by atoms with Crippen LogP contribution in [0, 0.1) is 0 Å². The number of anilines is 1. The molecule has 2 rings (SSSR count). The number of piperidine rings is 1. The maximum Gasteiger partial charge on any atom is 0.241 e. The highest BCUT2D eigenvalue weighted by Gasteiger charge is 2.23. The number of carbonyl (C=O) groups excluding carboxylic acids is 2. The van der Waals surface area contributed by atoms with Crippen molar-refractivity contribution >= 4 is 40.7 Å². The average molecular weight is 344 g/mol. The molecule has 1 aliphatic heterocycles. The molecule has 120 valence electrons. The number of carbonyl (C=O) groups is 2. The lowest BCUT2D eigenvalue weighted by Gasteiger charge is -2.33. The van der Waals surface area contributed by atoms with Gasteiger partial charge in [0.25, 0.3) is 0 Å². The van der Waals surface area contributed by atoms with Gasteiger partial charge in [0.2, 0.25) is 11.8 Å². The average Bonchev–Trinajstić information content (AvgIpc) is 2.48. The van der Waals surface area contributed by atoms with Gasteiger partial charge in [-0.25, -0.2) is 0 Å². The fourth-order valence-corrected chi connectivity index (χ4v) is 2.80. The number of rotatable bonds is 4. The minimum Gasteiger partial charge on any atom is -0.376 e. The second-order valence-electron chi connectivity index (χ2n) is 5.36. The third-order valence-corrected chi connectivity index (χ3v) is 4.28. The van der Waals surface area contributed by atoms with E-state index in [4.69, 9.17) is 23.2 Å². The molecule has 0 aliphatic carbocycles. The summed E-state index contributed by atoms with van der Waals surface area (Å²) in [6, 6.07) is 5.19. The molecule has 22 heavy (non-hydrogen) atoms. The SMILES string of the molecule is CC(=O)N[C@H]1CCCN(C(=O)CNc2ccc(Cl)c(Cl)c2)C1. The fraction of sp³-hybridized carbons (Fsp3) is 0.467. The number of halogens is 2. The zero-order valence-electron chi connectivity index (χ0n) is 12.4. The third kappa shape index (κ3) is 4.78. The van der Waals surface area contributed by atoms with Gasteiger partial charge < -0.3 is 15.5 Å². The Morgan fingerprint density at radius 2 is 2.09 bits per heavy atom. The van der Waals surface area contributed by atoms with Gasteiger partial charge in [0, 0.05) is 31.7 Å². The Balaban J connectivity index is 1.86. The summed E-state index contributed by atoms with van der Waals surface area (Å²) in [4.78, 5) is 25.1. The first-order valence-electron chi connectivity index (χ1n) is 7.19. The first-order chi connectivity index (χ1) is 10.5. The van der Waals surface area contributed by atoms with Crippen molar-refractivity contribution in [1.29, 1.82) is 0 Å². The van der Waals surface area contributed by atoms with Crippen molar-refractivity contribution in [2.45, 2.75) is 25.8 Å². The van der Waals surface area contributed by atoms with Gasteiger partial charge in [0.1, 0.15) is 0 Å². The predicted molar refractivity (Wildman–Crippen MR) is 88.4 cm³/mol. The number of nitrogens with zero attached hydrogens (tertiary/aromatic N) is 1. The van der Waals surface area contributed by atoms with Gasteiger partial charge in [-0.2, -0.15) is 0 Å². The largest absolute Gasteiger partial charge is 0.376 e. The quantitative estimate of drug-likeness (QED) is 0.882. The van der Waals surface area contributed by atoms with Crippen molar-refractivity contribution < 1.29 is 9.59 Å². The van der Waals surface area contributed by atoms with E-state index in [1.54, 1.807) is 23.1 Å². The Kier molecular flexibility index (Phi) is 5.91. The van der Waals surface area contributed by atoms with Crippen LogP contribution < -0.4 is 10.6 Å². The summed E-state index contributed by atoms with van der Waals surface area (Å²) in [6.45, 7) is 2.96. The summed E-state index contributed by atoms with van der Waals surface area (Å²) < 4.78 is 0. The molecular weight excluding hydrogens is 325 g/mol. The Bertz CT molecular complexity index is 566. The molecular formula is C15H19Cl2N3O2. The highest BCUT2D eigenvalue weighted by atomic mass is 35.5. The third-order valence-electron chi connectivity index (χ3n) is 3.54. The van der Waals surface area contributed by atoms with Crippen molar-refractivity contribution in [3.63, 3.8) is 0 Å². The molecule has 0 unspecified atom stereocenters. The van der Waals surface area contributed by atoms with Crippen molar-refractivity contribution in [3.8, 4) is 0 Å². The molecule has 5 nitrogen and oxygen atoms in total. The molecule has 0 radical (unpaired) electrons. The number of amides is 2. The molecule has 0 bridgehead atoms. The Morgan fingerprint density at radius 3 is 2.77 bits per heavy atom. The molecule has 1 aromatic rings. The number of hydrogen-bond acceptors (Lipinski definition) is 3. The highest BCUT2D eigenvalue weighted by Crippen LogP contribution is 2.24. The summed E-state index contributed by atoms with van der Waals surface area (Å²) in [5, 5.41) is 6.84. The van der Waals surface area contributed by atoms with Crippen LogP contribution >= 0.6 is 23.2 Å². The van der Waals surface area contributed by atoms with Gasteiger partial charge in [-0.3, -0.25) is 9.59 Å². The number of hydrogen-bond donors (Lipinski definition) is 2. The van der Waals surface area contributed by atoms with E-state index < -0.39 is 0 Å². The van der Waals surface area contributed by atoms with Gasteiger partial charge >= 0.3 is 0 Å².